The van der Waals surface area contributed by atoms with Crippen LogP contribution in [0.1, 0.15) is 38.0 Å². The highest BCUT2D eigenvalue weighted by Gasteiger charge is 2.20. The van der Waals surface area contributed by atoms with Crippen molar-refractivity contribution >= 4 is 38.4 Å². The van der Waals surface area contributed by atoms with E-state index < -0.39 is 0 Å². The Morgan fingerprint density at radius 3 is 3.05 bits per heavy atom. The molecule has 0 bridgehead atoms. The highest BCUT2D eigenvalue weighted by Crippen LogP contribution is 2.35. The Morgan fingerprint density at radius 1 is 1.53 bits per heavy atom. The summed E-state index contributed by atoms with van der Waals surface area (Å²) < 4.78 is 8.83. The summed E-state index contributed by atoms with van der Waals surface area (Å²) in [5, 5.41) is 6.40. The summed E-state index contributed by atoms with van der Waals surface area (Å²) in [5.74, 6) is 0. The van der Waals surface area contributed by atoms with E-state index in [-0.39, 0.29) is 6.23 Å². The van der Waals surface area contributed by atoms with Crippen LogP contribution in [0.5, 0.6) is 0 Å². The second-order valence-electron chi connectivity index (χ2n) is 4.85. The maximum absolute atomic E-state index is 6.36. The second kappa shape index (κ2) is 5.43. The van der Waals surface area contributed by atoms with E-state index in [1.165, 1.54) is 6.42 Å². The van der Waals surface area contributed by atoms with Gasteiger partial charge in [-0.15, -0.1) is 0 Å². The molecule has 1 aromatic heterocycles. The predicted octanol–water partition coefficient (Wildman–Crippen LogP) is 4.71. The van der Waals surface area contributed by atoms with Gasteiger partial charge in [-0.25, -0.2) is 4.68 Å². The summed E-state index contributed by atoms with van der Waals surface area (Å²) in [7, 11) is 0. The monoisotopic (exact) mass is 342 g/mol. The minimum Gasteiger partial charge on any atom is -0.356 e. The number of aromatic nitrogens is 2. The molecule has 0 aliphatic carbocycles. The number of rotatable bonds is 2. The summed E-state index contributed by atoms with van der Waals surface area (Å²) in [4.78, 5) is 0. The lowest BCUT2D eigenvalue weighted by molar-refractivity contribution is -0.0366. The molecule has 5 heteroatoms. The van der Waals surface area contributed by atoms with Gasteiger partial charge in [-0.3, -0.25) is 0 Å². The number of nitrogens with zero attached hydrogens (tertiary/aromatic N) is 2. The lowest BCUT2D eigenvalue weighted by Gasteiger charge is -2.23. The van der Waals surface area contributed by atoms with E-state index in [4.69, 9.17) is 16.3 Å². The molecule has 1 aliphatic heterocycles. The molecule has 2 heterocycles. The van der Waals surface area contributed by atoms with Gasteiger partial charge in [-0.1, -0.05) is 18.5 Å². The van der Waals surface area contributed by atoms with Gasteiger partial charge in [0.25, 0.3) is 0 Å². The molecule has 0 radical (unpaired) electrons. The van der Waals surface area contributed by atoms with Crippen LogP contribution in [0.15, 0.2) is 16.7 Å². The van der Waals surface area contributed by atoms with Gasteiger partial charge < -0.3 is 4.74 Å². The zero-order valence-corrected chi connectivity index (χ0v) is 13.2. The molecule has 3 nitrogen and oxygen atoms in total. The maximum atomic E-state index is 6.36. The van der Waals surface area contributed by atoms with Crippen molar-refractivity contribution in [2.24, 2.45) is 0 Å². The maximum Gasteiger partial charge on any atom is 0.150 e. The Kier molecular flexibility index (Phi) is 3.83. The van der Waals surface area contributed by atoms with Crippen LogP contribution in [-0.4, -0.2) is 16.4 Å². The summed E-state index contributed by atoms with van der Waals surface area (Å²) in [6.07, 6.45) is 6.19. The molecule has 0 saturated carbocycles. The number of hydrogen-bond acceptors (Lipinski definition) is 2. The average molecular weight is 344 g/mol. The first-order valence-electron chi connectivity index (χ1n) is 6.68. The molecule has 1 unspecified atom stereocenters. The van der Waals surface area contributed by atoms with E-state index in [0.717, 1.165) is 51.8 Å². The van der Waals surface area contributed by atoms with Crippen LogP contribution in [0, 0.1) is 0 Å². The standard InChI is InChI=1S/C14H16BrClN2O/c1-2-9-11(16)7-12-10(14(9)15)8-17-18(12)13-5-3-4-6-19-13/h7-8,13H,2-6H2,1H3. The number of halogens is 2. The first kappa shape index (κ1) is 13.4. The van der Waals surface area contributed by atoms with Crippen LogP contribution in [0.3, 0.4) is 0 Å². The molecule has 102 valence electrons. The van der Waals surface area contributed by atoms with Crippen molar-refractivity contribution in [3.05, 3.63) is 27.3 Å². The van der Waals surface area contributed by atoms with E-state index in [0.29, 0.717) is 0 Å². The van der Waals surface area contributed by atoms with Crippen molar-refractivity contribution in [2.75, 3.05) is 6.61 Å². The van der Waals surface area contributed by atoms with Crippen molar-refractivity contribution in [1.82, 2.24) is 9.78 Å². The summed E-state index contributed by atoms with van der Waals surface area (Å²) >= 11 is 10.0. The van der Waals surface area contributed by atoms with Crippen LogP contribution in [0.4, 0.5) is 0 Å². The molecular formula is C14H16BrClN2O. The van der Waals surface area contributed by atoms with Crippen LogP contribution in [0.25, 0.3) is 10.9 Å². The Hall–Kier alpha value is -0.580. The third-order valence-electron chi connectivity index (χ3n) is 3.67. The zero-order valence-electron chi connectivity index (χ0n) is 10.8. The molecule has 1 saturated heterocycles. The SMILES string of the molecule is CCc1c(Cl)cc2c(cnn2C2CCCCO2)c1Br. The molecular weight excluding hydrogens is 328 g/mol. The molecule has 1 fully saturated rings. The number of hydrogen-bond donors (Lipinski definition) is 0. The highest BCUT2D eigenvalue weighted by atomic mass is 79.9. The van der Waals surface area contributed by atoms with Crippen molar-refractivity contribution in [3.63, 3.8) is 0 Å². The number of benzene rings is 1. The Morgan fingerprint density at radius 2 is 2.37 bits per heavy atom. The smallest absolute Gasteiger partial charge is 0.150 e. The molecule has 0 spiro atoms. The van der Waals surface area contributed by atoms with Gasteiger partial charge in [0.2, 0.25) is 0 Å². The van der Waals surface area contributed by atoms with Crippen LogP contribution >= 0.6 is 27.5 Å². The fourth-order valence-electron chi connectivity index (χ4n) is 2.63. The van der Waals surface area contributed by atoms with Crippen LogP contribution in [-0.2, 0) is 11.2 Å². The van der Waals surface area contributed by atoms with E-state index in [2.05, 4.69) is 28.0 Å². The molecule has 3 rings (SSSR count). The molecule has 2 aromatic rings. The molecule has 1 aromatic carbocycles. The first-order valence-corrected chi connectivity index (χ1v) is 7.85. The summed E-state index contributed by atoms with van der Waals surface area (Å²) in [5.41, 5.74) is 2.18. The van der Waals surface area contributed by atoms with Gasteiger partial charge in [0, 0.05) is 21.5 Å². The fraction of sp³-hybridized carbons (Fsp3) is 0.500. The zero-order chi connectivity index (χ0) is 13.4. The van der Waals surface area contributed by atoms with Crippen molar-refractivity contribution in [1.29, 1.82) is 0 Å². The van der Waals surface area contributed by atoms with E-state index in [9.17, 15) is 0 Å². The molecule has 0 N–H and O–H groups in total. The summed E-state index contributed by atoms with van der Waals surface area (Å²) in [6.45, 7) is 2.92. The predicted molar refractivity (Wildman–Crippen MR) is 80.7 cm³/mol. The minimum absolute atomic E-state index is 0.0432. The number of fused-ring (bicyclic) bond motifs is 1. The van der Waals surface area contributed by atoms with Crippen LogP contribution < -0.4 is 0 Å². The molecule has 1 atom stereocenters. The largest absolute Gasteiger partial charge is 0.356 e. The van der Waals surface area contributed by atoms with Gasteiger partial charge >= 0.3 is 0 Å². The van der Waals surface area contributed by atoms with Gasteiger partial charge in [0.05, 0.1) is 11.7 Å². The lowest BCUT2D eigenvalue weighted by Crippen LogP contribution is -2.18. The number of ether oxygens (including phenoxy) is 1. The third kappa shape index (κ3) is 2.30. The quantitative estimate of drug-likeness (QED) is 0.789. The normalized spacial score (nSPS) is 20.1. The Balaban J connectivity index is 2.12. The average Bonchev–Trinajstić information content (AvgIpc) is 2.84. The van der Waals surface area contributed by atoms with Crippen molar-refractivity contribution in [3.8, 4) is 0 Å². The molecule has 0 amide bonds. The molecule has 19 heavy (non-hydrogen) atoms. The minimum atomic E-state index is 0.0432. The van der Waals surface area contributed by atoms with Gasteiger partial charge in [0.15, 0.2) is 6.23 Å². The fourth-order valence-corrected chi connectivity index (χ4v) is 3.87. The summed E-state index contributed by atoms with van der Waals surface area (Å²) in [6, 6.07) is 2.01. The highest BCUT2D eigenvalue weighted by molar-refractivity contribution is 9.10. The van der Waals surface area contributed by atoms with Gasteiger partial charge in [0.1, 0.15) is 0 Å². The lowest BCUT2D eigenvalue weighted by atomic mass is 10.1. The Bertz CT molecular complexity index is 605. The second-order valence-corrected chi connectivity index (χ2v) is 6.05. The van der Waals surface area contributed by atoms with Gasteiger partial charge in [-0.2, -0.15) is 5.10 Å². The van der Waals surface area contributed by atoms with Crippen molar-refractivity contribution < 1.29 is 4.74 Å². The van der Waals surface area contributed by atoms with Crippen molar-refractivity contribution in [2.45, 2.75) is 38.8 Å². The first-order chi connectivity index (χ1) is 9.22. The van der Waals surface area contributed by atoms with E-state index in [1.807, 2.05) is 16.9 Å². The Labute approximate surface area is 126 Å². The van der Waals surface area contributed by atoms with Crippen LogP contribution in [0.2, 0.25) is 5.02 Å². The van der Waals surface area contributed by atoms with E-state index in [1.54, 1.807) is 0 Å². The van der Waals surface area contributed by atoms with E-state index >= 15 is 0 Å². The topological polar surface area (TPSA) is 27.1 Å². The molecule has 1 aliphatic rings. The van der Waals surface area contributed by atoms with Gasteiger partial charge in [-0.05, 0) is 53.2 Å². The third-order valence-corrected chi connectivity index (χ3v) is 4.91.